The molecule has 0 spiro atoms. The molecule has 0 aliphatic carbocycles. The van der Waals surface area contributed by atoms with Crippen LogP contribution < -0.4 is 10.1 Å². The predicted octanol–water partition coefficient (Wildman–Crippen LogP) is 2.66. The highest BCUT2D eigenvalue weighted by Gasteiger charge is 2.38. The number of carboxylic acids is 1. The number of nitrogens with zero attached hydrogens (tertiary/aromatic N) is 1. The molecular weight excluding hydrogens is 381 g/mol. The standard InChI is InChI=1S/C16H20N2O3.C2HF3O2/c1-4-18-13-6-5-10(20-2)9-12(13)11-7-8-17-14(15(11)18)16(19)21-3;3-2(4,5)1(6)7/h5-6,9,14,17H,4,7-8H2,1-3H3;(H,6,7). The summed E-state index contributed by atoms with van der Waals surface area (Å²) in [5, 5.41) is 11.6. The summed E-state index contributed by atoms with van der Waals surface area (Å²) in [4.78, 5) is 21.0. The van der Waals surface area contributed by atoms with Crippen LogP contribution in [0.3, 0.4) is 0 Å². The van der Waals surface area contributed by atoms with Crippen molar-refractivity contribution in [1.29, 1.82) is 0 Å². The predicted molar refractivity (Wildman–Crippen MR) is 94.3 cm³/mol. The Labute approximate surface area is 159 Å². The zero-order valence-corrected chi connectivity index (χ0v) is 15.6. The number of alkyl halides is 3. The van der Waals surface area contributed by atoms with E-state index < -0.39 is 18.2 Å². The number of ether oxygens (including phenoxy) is 2. The summed E-state index contributed by atoms with van der Waals surface area (Å²) in [7, 11) is 3.10. The zero-order valence-electron chi connectivity index (χ0n) is 15.6. The molecule has 0 fully saturated rings. The van der Waals surface area contributed by atoms with E-state index in [0.29, 0.717) is 0 Å². The molecule has 1 atom stereocenters. The molecular formula is C18H21F3N2O5. The molecule has 1 aliphatic rings. The lowest BCUT2D eigenvalue weighted by Gasteiger charge is -2.24. The van der Waals surface area contributed by atoms with Gasteiger partial charge >= 0.3 is 18.1 Å². The van der Waals surface area contributed by atoms with E-state index in [1.165, 1.54) is 18.1 Å². The summed E-state index contributed by atoms with van der Waals surface area (Å²) in [5.41, 5.74) is 3.39. The highest BCUT2D eigenvalue weighted by atomic mass is 19.4. The molecule has 0 saturated heterocycles. The molecule has 28 heavy (non-hydrogen) atoms. The Hall–Kier alpha value is -2.75. The second-order valence-corrected chi connectivity index (χ2v) is 5.95. The summed E-state index contributed by atoms with van der Waals surface area (Å²) in [6, 6.07) is 5.68. The first-order valence-electron chi connectivity index (χ1n) is 8.46. The van der Waals surface area contributed by atoms with E-state index in [1.54, 1.807) is 7.11 Å². The van der Waals surface area contributed by atoms with Crippen LogP contribution in [0.25, 0.3) is 10.9 Å². The number of hydrogen-bond acceptors (Lipinski definition) is 5. The minimum absolute atomic E-state index is 0.236. The number of benzene rings is 1. The van der Waals surface area contributed by atoms with Gasteiger partial charge in [0.05, 0.1) is 19.9 Å². The first kappa shape index (κ1) is 21.5. The number of carboxylic acid groups (broad SMARTS) is 1. The van der Waals surface area contributed by atoms with Crippen LogP contribution in [0.1, 0.15) is 24.2 Å². The lowest BCUT2D eigenvalue weighted by atomic mass is 9.99. The van der Waals surface area contributed by atoms with Gasteiger partial charge in [0.2, 0.25) is 0 Å². The Kier molecular flexibility index (Phi) is 6.55. The molecule has 7 nitrogen and oxygen atoms in total. The Morgan fingerprint density at radius 2 is 1.96 bits per heavy atom. The average molecular weight is 402 g/mol. The van der Waals surface area contributed by atoms with Crippen molar-refractivity contribution in [2.24, 2.45) is 0 Å². The van der Waals surface area contributed by atoms with Crippen molar-refractivity contribution < 1.29 is 37.3 Å². The number of halogens is 3. The molecule has 0 bridgehead atoms. The second-order valence-electron chi connectivity index (χ2n) is 5.95. The Bertz CT molecular complexity index is 876. The zero-order chi connectivity index (χ0) is 21.1. The summed E-state index contributed by atoms with van der Waals surface area (Å²) < 4.78 is 44.2. The third kappa shape index (κ3) is 4.22. The number of carbonyl (C=O) groups excluding carboxylic acids is 1. The molecule has 2 heterocycles. The van der Waals surface area contributed by atoms with Gasteiger partial charge in [-0.3, -0.25) is 5.32 Å². The van der Waals surface area contributed by atoms with E-state index in [9.17, 15) is 18.0 Å². The number of aromatic nitrogens is 1. The fraction of sp³-hybridized carbons (Fsp3) is 0.444. The van der Waals surface area contributed by atoms with Gasteiger partial charge in [0.25, 0.3) is 0 Å². The van der Waals surface area contributed by atoms with Crippen molar-refractivity contribution in [3.63, 3.8) is 0 Å². The van der Waals surface area contributed by atoms with Crippen LogP contribution >= 0.6 is 0 Å². The monoisotopic (exact) mass is 402 g/mol. The summed E-state index contributed by atoms with van der Waals surface area (Å²) in [6.45, 7) is 3.67. The average Bonchev–Trinajstić information content (AvgIpc) is 2.99. The van der Waals surface area contributed by atoms with Crippen LogP contribution in [-0.2, 0) is 27.3 Å². The van der Waals surface area contributed by atoms with Crippen molar-refractivity contribution in [1.82, 2.24) is 9.88 Å². The maximum Gasteiger partial charge on any atom is 0.490 e. The van der Waals surface area contributed by atoms with Crippen molar-refractivity contribution in [2.75, 3.05) is 20.8 Å². The van der Waals surface area contributed by atoms with E-state index in [0.717, 1.165) is 36.5 Å². The van der Waals surface area contributed by atoms with Crippen LogP contribution in [0.2, 0.25) is 0 Å². The number of rotatable bonds is 3. The number of aryl methyl sites for hydroxylation is 1. The van der Waals surface area contributed by atoms with E-state index in [1.807, 2.05) is 6.07 Å². The molecule has 10 heteroatoms. The molecule has 1 aromatic heterocycles. The SMILES string of the molecule is CCn1c2c(c3cc(OC)ccc31)CCNC2C(=O)OC.O=C(O)C(F)(F)F. The maximum absolute atomic E-state index is 12.1. The van der Waals surface area contributed by atoms with Gasteiger partial charge in [-0.1, -0.05) is 0 Å². The Morgan fingerprint density at radius 3 is 2.46 bits per heavy atom. The van der Waals surface area contributed by atoms with Gasteiger partial charge in [0, 0.05) is 24.0 Å². The molecule has 0 saturated carbocycles. The molecule has 1 unspecified atom stereocenters. The minimum Gasteiger partial charge on any atom is -0.497 e. The van der Waals surface area contributed by atoms with E-state index >= 15 is 0 Å². The van der Waals surface area contributed by atoms with Gasteiger partial charge in [0.1, 0.15) is 11.8 Å². The minimum atomic E-state index is -5.08. The number of carbonyl (C=O) groups is 2. The summed E-state index contributed by atoms with van der Waals surface area (Å²) in [6.07, 6.45) is -4.18. The van der Waals surface area contributed by atoms with Crippen LogP contribution in [0.4, 0.5) is 13.2 Å². The first-order chi connectivity index (χ1) is 13.1. The first-order valence-corrected chi connectivity index (χ1v) is 8.46. The van der Waals surface area contributed by atoms with Crippen LogP contribution in [0, 0.1) is 0 Å². The van der Waals surface area contributed by atoms with Gasteiger partial charge in [-0.05, 0) is 37.1 Å². The fourth-order valence-electron chi connectivity index (χ4n) is 3.23. The van der Waals surface area contributed by atoms with Gasteiger partial charge in [-0.2, -0.15) is 13.2 Å². The van der Waals surface area contributed by atoms with Gasteiger partial charge in [-0.15, -0.1) is 0 Å². The summed E-state index contributed by atoms with van der Waals surface area (Å²) >= 11 is 0. The lowest BCUT2D eigenvalue weighted by Crippen LogP contribution is -2.37. The Morgan fingerprint density at radius 1 is 1.32 bits per heavy atom. The molecule has 154 valence electrons. The molecule has 3 rings (SSSR count). The highest BCUT2D eigenvalue weighted by Crippen LogP contribution is 2.35. The van der Waals surface area contributed by atoms with E-state index in [-0.39, 0.29) is 5.97 Å². The van der Waals surface area contributed by atoms with E-state index in [2.05, 4.69) is 28.9 Å². The van der Waals surface area contributed by atoms with Crippen LogP contribution in [-0.4, -0.2) is 48.6 Å². The molecule has 0 amide bonds. The number of nitrogens with one attached hydrogen (secondary N) is 1. The fourth-order valence-corrected chi connectivity index (χ4v) is 3.23. The number of aliphatic carboxylic acids is 1. The number of methoxy groups -OCH3 is 2. The molecule has 1 aromatic carbocycles. The van der Waals surface area contributed by atoms with Crippen molar-refractivity contribution in [3.05, 3.63) is 29.5 Å². The van der Waals surface area contributed by atoms with Gasteiger partial charge in [0.15, 0.2) is 0 Å². The summed E-state index contributed by atoms with van der Waals surface area (Å²) in [5.74, 6) is -2.15. The lowest BCUT2D eigenvalue weighted by molar-refractivity contribution is -0.192. The van der Waals surface area contributed by atoms with Crippen molar-refractivity contribution in [2.45, 2.75) is 32.1 Å². The number of esters is 1. The highest BCUT2D eigenvalue weighted by molar-refractivity contribution is 5.90. The normalized spacial score (nSPS) is 16.0. The third-order valence-electron chi connectivity index (χ3n) is 4.41. The molecule has 0 radical (unpaired) electrons. The molecule has 1 aliphatic heterocycles. The van der Waals surface area contributed by atoms with E-state index in [4.69, 9.17) is 19.4 Å². The van der Waals surface area contributed by atoms with Gasteiger partial charge < -0.3 is 19.1 Å². The van der Waals surface area contributed by atoms with Crippen LogP contribution in [0.15, 0.2) is 18.2 Å². The largest absolute Gasteiger partial charge is 0.497 e. The molecule has 2 aromatic rings. The second kappa shape index (κ2) is 8.51. The van der Waals surface area contributed by atoms with Crippen LogP contribution in [0.5, 0.6) is 5.75 Å². The van der Waals surface area contributed by atoms with Crippen molar-refractivity contribution >= 4 is 22.8 Å². The van der Waals surface area contributed by atoms with Gasteiger partial charge in [-0.25, -0.2) is 9.59 Å². The number of fused-ring (bicyclic) bond motifs is 3. The third-order valence-corrected chi connectivity index (χ3v) is 4.41. The maximum atomic E-state index is 12.1. The molecule has 2 N–H and O–H groups in total. The quantitative estimate of drug-likeness (QED) is 0.768. The topological polar surface area (TPSA) is 89.8 Å². The Balaban J connectivity index is 0.000000345. The number of hydrogen-bond donors (Lipinski definition) is 2. The van der Waals surface area contributed by atoms with Crippen molar-refractivity contribution in [3.8, 4) is 5.75 Å². The smallest absolute Gasteiger partial charge is 0.490 e.